The second kappa shape index (κ2) is 6.15. The maximum absolute atomic E-state index is 12.9. The number of carbonyl (C=O) groups is 1. The van der Waals surface area contributed by atoms with Gasteiger partial charge in [0.15, 0.2) is 0 Å². The van der Waals surface area contributed by atoms with Crippen LogP contribution in [0.25, 0.3) is 11.3 Å². The first-order valence-corrected chi connectivity index (χ1v) is 8.71. The number of imidazole rings is 1. The summed E-state index contributed by atoms with van der Waals surface area (Å²) in [4.78, 5) is 19.1. The van der Waals surface area contributed by atoms with Crippen LogP contribution in [0.1, 0.15) is 37.8 Å². The van der Waals surface area contributed by atoms with E-state index in [0.29, 0.717) is 12.2 Å². The Balaban J connectivity index is 1.49. The molecule has 0 spiro atoms. The molecule has 0 saturated carbocycles. The van der Waals surface area contributed by atoms with E-state index >= 15 is 0 Å². The molecule has 2 aromatic rings. The van der Waals surface area contributed by atoms with Crippen LogP contribution in [0, 0.1) is 5.92 Å². The Morgan fingerprint density at radius 3 is 2.83 bits per heavy atom. The van der Waals surface area contributed by atoms with Gasteiger partial charge in [-0.2, -0.15) is 0 Å². The standard InChI is InChI=1S/C19H23N3O2/c1-13(23)21-8-6-14(7-9-21)19(24)10-17-15-4-2-3-5-16(15)18-11-20-12-22(17)18/h2-5,11-14,17,23H,6-10H2,1H3. The van der Waals surface area contributed by atoms with Crippen molar-refractivity contribution in [3.05, 3.63) is 42.4 Å². The number of benzene rings is 1. The number of fused-ring (bicyclic) bond motifs is 3. The topological polar surface area (TPSA) is 58.4 Å². The predicted octanol–water partition coefficient (Wildman–Crippen LogP) is 2.46. The maximum Gasteiger partial charge on any atom is 0.138 e. The van der Waals surface area contributed by atoms with Crippen molar-refractivity contribution in [3.63, 3.8) is 0 Å². The first kappa shape index (κ1) is 15.5. The second-order valence-electron chi connectivity index (χ2n) is 6.90. The number of carbonyl (C=O) groups excluding carboxylic acids is 1. The minimum Gasteiger partial charge on any atom is -0.379 e. The quantitative estimate of drug-likeness (QED) is 0.938. The summed E-state index contributed by atoms with van der Waals surface area (Å²) < 4.78 is 2.13. The van der Waals surface area contributed by atoms with Crippen molar-refractivity contribution in [3.8, 4) is 11.3 Å². The summed E-state index contributed by atoms with van der Waals surface area (Å²) in [6, 6.07) is 8.37. The van der Waals surface area contributed by atoms with Gasteiger partial charge in [0.1, 0.15) is 12.0 Å². The molecule has 1 fully saturated rings. The SMILES string of the molecule is CC(O)N1CCC(C(=O)CC2c3ccccc3-c3cncn32)CC1. The molecule has 1 N–H and O–H groups in total. The Hall–Kier alpha value is -1.98. The highest BCUT2D eigenvalue weighted by Gasteiger charge is 2.33. The zero-order chi connectivity index (χ0) is 16.7. The molecule has 4 rings (SSSR count). The third kappa shape index (κ3) is 2.58. The first-order chi connectivity index (χ1) is 11.6. The van der Waals surface area contributed by atoms with E-state index in [1.807, 2.05) is 29.6 Å². The molecule has 2 unspecified atom stereocenters. The normalized spacial score (nSPS) is 22.2. The fourth-order valence-corrected chi connectivity index (χ4v) is 4.09. The van der Waals surface area contributed by atoms with Crippen LogP contribution in [-0.2, 0) is 4.79 Å². The molecule has 0 bridgehead atoms. The van der Waals surface area contributed by atoms with Crippen molar-refractivity contribution in [2.75, 3.05) is 13.1 Å². The number of aliphatic hydroxyl groups is 1. The number of ketones is 1. The van der Waals surface area contributed by atoms with Gasteiger partial charge in [-0.1, -0.05) is 24.3 Å². The molecule has 0 amide bonds. The van der Waals surface area contributed by atoms with Crippen molar-refractivity contribution >= 4 is 5.78 Å². The molecule has 1 saturated heterocycles. The summed E-state index contributed by atoms with van der Waals surface area (Å²) in [5.74, 6) is 0.446. The zero-order valence-electron chi connectivity index (χ0n) is 13.9. The van der Waals surface area contributed by atoms with Gasteiger partial charge in [0.25, 0.3) is 0 Å². The maximum atomic E-state index is 12.9. The lowest BCUT2D eigenvalue weighted by Gasteiger charge is -2.33. The number of piperidine rings is 1. The highest BCUT2D eigenvalue weighted by atomic mass is 16.3. The lowest BCUT2D eigenvalue weighted by Crippen LogP contribution is -2.41. The molecular weight excluding hydrogens is 302 g/mol. The average Bonchev–Trinajstić information content (AvgIpc) is 3.18. The number of likely N-dealkylation sites (tertiary alicyclic amines) is 1. The summed E-state index contributed by atoms with van der Waals surface area (Å²) in [7, 11) is 0. The number of aliphatic hydroxyl groups excluding tert-OH is 1. The summed E-state index contributed by atoms with van der Waals surface area (Å²) >= 11 is 0. The number of aromatic nitrogens is 2. The average molecular weight is 325 g/mol. The molecule has 1 aromatic heterocycles. The molecule has 3 heterocycles. The predicted molar refractivity (Wildman–Crippen MR) is 91.4 cm³/mol. The summed E-state index contributed by atoms with van der Waals surface area (Å²) in [6.07, 6.45) is 5.51. The number of hydrogen-bond donors (Lipinski definition) is 1. The zero-order valence-corrected chi connectivity index (χ0v) is 13.9. The molecule has 0 aliphatic carbocycles. The Labute approximate surface area is 141 Å². The molecule has 2 aliphatic rings. The van der Waals surface area contributed by atoms with Gasteiger partial charge in [-0.05, 0) is 25.3 Å². The van der Waals surface area contributed by atoms with Gasteiger partial charge in [-0.15, -0.1) is 0 Å². The van der Waals surface area contributed by atoms with E-state index in [9.17, 15) is 9.90 Å². The van der Waals surface area contributed by atoms with Gasteiger partial charge in [0.2, 0.25) is 0 Å². The molecular formula is C19H23N3O2. The van der Waals surface area contributed by atoms with Crippen LogP contribution >= 0.6 is 0 Å². The Morgan fingerprint density at radius 2 is 2.08 bits per heavy atom. The Kier molecular flexibility index (Phi) is 3.98. The molecule has 24 heavy (non-hydrogen) atoms. The van der Waals surface area contributed by atoms with Crippen molar-refractivity contribution in [2.45, 2.75) is 38.5 Å². The minimum absolute atomic E-state index is 0.0704. The molecule has 2 atom stereocenters. The minimum atomic E-state index is -0.420. The number of hydrogen-bond acceptors (Lipinski definition) is 4. The highest BCUT2D eigenvalue weighted by Crippen LogP contribution is 2.41. The summed E-state index contributed by atoms with van der Waals surface area (Å²) in [6.45, 7) is 3.38. The van der Waals surface area contributed by atoms with Gasteiger partial charge in [0, 0.05) is 31.0 Å². The fourth-order valence-electron chi connectivity index (χ4n) is 4.09. The molecule has 0 radical (unpaired) electrons. The van der Waals surface area contributed by atoms with E-state index in [0.717, 1.165) is 31.6 Å². The first-order valence-electron chi connectivity index (χ1n) is 8.71. The van der Waals surface area contributed by atoms with Crippen LogP contribution in [0.4, 0.5) is 0 Å². The molecule has 5 heteroatoms. The van der Waals surface area contributed by atoms with Gasteiger partial charge < -0.3 is 9.67 Å². The van der Waals surface area contributed by atoms with E-state index in [1.54, 1.807) is 6.92 Å². The molecule has 5 nitrogen and oxygen atoms in total. The fraction of sp³-hybridized carbons (Fsp3) is 0.474. The van der Waals surface area contributed by atoms with E-state index in [1.165, 1.54) is 11.1 Å². The van der Waals surface area contributed by atoms with E-state index in [2.05, 4.69) is 21.7 Å². The molecule has 1 aromatic carbocycles. The smallest absolute Gasteiger partial charge is 0.138 e. The lowest BCUT2D eigenvalue weighted by molar-refractivity contribution is -0.125. The van der Waals surface area contributed by atoms with E-state index in [-0.39, 0.29) is 12.0 Å². The van der Waals surface area contributed by atoms with Crippen LogP contribution in [0.15, 0.2) is 36.8 Å². The van der Waals surface area contributed by atoms with Crippen molar-refractivity contribution in [1.29, 1.82) is 0 Å². The van der Waals surface area contributed by atoms with Gasteiger partial charge in [0.05, 0.1) is 24.3 Å². The van der Waals surface area contributed by atoms with Gasteiger partial charge in [-0.25, -0.2) is 4.98 Å². The largest absolute Gasteiger partial charge is 0.379 e. The van der Waals surface area contributed by atoms with Crippen LogP contribution in [-0.4, -0.2) is 44.7 Å². The Morgan fingerprint density at radius 1 is 1.33 bits per heavy atom. The van der Waals surface area contributed by atoms with Crippen molar-refractivity contribution in [1.82, 2.24) is 14.5 Å². The van der Waals surface area contributed by atoms with Crippen LogP contribution in [0.5, 0.6) is 0 Å². The monoisotopic (exact) mass is 325 g/mol. The number of nitrogens with zero attached hydrogens (tertiary/aromatic N) is 3. The summed E-state index contributed by atoms with van der Waals surface area (Å²) in [5.41, 5.74) is 3.52. The number of rotatable bonds is 4. The molecule has 126 valence electrons. The van der Waals surface area contributed by atoms with Crippen LogP contribution in [0.3, 0.4) is 0 Å². The van der Waals surface area contributed by atoms with Gasteiger partial charge >= 0.3 is 0 Å². The van der Waals surface area contributed by atoms with Crippen LogP contribution in [0.2, 0.25) is 0 Å². The van der Waals surface area contributed by atoms with Gasteiger partial charge in [-0.3, -0.25) is 9.69 Å². The second-order valence-corrected chi connectivity index (χ2v) is 6.90. The van der Waals surface area contributed by atoms with E-state index in [4.69, 9.17) is 0 Å². The molecule has 2 aliphatic heterocycles. The van der Waals surface area contributed by atoms with Crippen molar-refractivity contribution < 1.29 is 9.90 Å². The van der Waals surface area contributed by atoms with E-state index < -0.39 is 6.23 Å². The third-order valence-corrected chi connectivity index (χ3v) is 5.51. The Bertz CT molecular complexity index is 745. The third-order valence-electron chi connectivity index (χ3n) is 5.51. The highest BCUT2D eigenvalue weighted by molar-refractivity contribution is 5.83. The number of Topliss-reactive ketones (excluding diaryl/α,β-unsaturated/α-hetero) is 1. The summed E-state index contributed by atoms with van der Waals surface area (Å²) in [5, 5.41) is 9.66. The lowest BCUT2D eigenvalue weighted by atomic mass is 9.87. The van der Waals surface area contributed by atoms with Crippen molar-refractivity contribution in [2.24, 2.45) is 5.92 Å². The van der Waals surface area contributed by atoms with Crippen LogP contribution < -0.4 is 0 Å².